The van der Waals surface area contributed by atoms with Crippen LogP contribution >= 0.6 is 0 Å². The standard InChI is InChI=1S/C15H28N4O/c1-5-12-9-13(18(4)17-12)10-14(16-3)15-11-19(6-2)7-8-20-15/h9,14-16H,5-8,10-11H2,1-4H3. The number of nitrogens with zero attached hydrogens (tertiary/aromatic N) is 3. The van der Waals surface area contributed by atoms with Gasteiger partial charge in [0, 0.05) is 38.3 Å². The van der Waals surface area contributed by atoms with Crippen molar-refractivity contribution in [3.8, 4) is 0 Å². The van der Waals surface area contributed by atoms with Crippen molar-refractivity contribution >= 4 is 0 Å². The zero-order chi connectivity index (χ0) is 14.5. The number of aryl methyl sites for hydroxylation is 2. The molecule has 0 spiro atoms. The first-order valence-electron chi connectivity index (χ1n) is 7.70. The van der Waals surface area contributed by atoms with Crippen LogP contribution in [-0.2, 0) is 24.6 Å². The van der Waals surface area contributed by atoms with Gasteiger partial charge in [0.05, 0.1) is 18.4 Å². The fraction of sp³-hybridized carbons (Fsp3) is 0.800. The lowest BCUT2D eigenvalue weighted by Gasteiger charge is -2.36. The highest BCUT2D eigenvalue weighted by Crippen LogP contribution is 2.14. The predicted molar refractivity (Wildman–Crippen MR) is 81.0 cm³/mol. The van der Waals surface area contributed by atoms with E-state index >= 15 is 0 Å². The van der Waals surface area contributed by atoms with Crippen molar-refractivity contribution in [1.82, 2.24) is 20.0 Å². The maximum atomic E-state index is 5.97. The van der Waals surface area contributed by atoms with Gasteiger partial charge in [-0.1, -0.05) is 13.8 Å². The van der Waals surface area contributed by atoms with Gasteiger partial charge in [0.15, 0.2) is 0 Å². The van der Waals surface area contributed by atoms with Crippen LogP contribution in [0, 0.1) is 0 Å². The second-order valence-electron chi connectivity index (χ2n) is 5.51. The van der Waals surface area contributed by atoms with Crippen LogP contribution in [0.25, 0.3) is 0 Å². The van der Waals surface area contributed by atoms with Crippen LogP contribution in [0.15, 0.2) is 6.07 Å². The number of hydrogen-bond acceptors (Lipinski definition) is 4. The fourth-order valence-electron chi connectivity index (χ4n) is 2.84. The third kappa shape index (κ3) is 3.59. The van der Waals surface area contributed by atoms with Crippen molar-refractivity contribution in [1.29, 1.82) is 0 Å². The first-order chi connectivity index (χ1) is 9.67. The molecule has 2 atom stereocenters. The van der Waals surface area contributed by atoms with Crippen molar-refractivity contribution in [3.63, 3.8) is 0 Å². The number of nitrogens with one attached hydrogen (secondary N) is 1. The molecule has 2 unspecified atom stereocenters. The van der Waals surface area contributed by atoms with Gasteiger partial charge in [0.1, 0.15) is 0 Å². The number of ether oxygens (including phenoxy) is 1. The molecular formula is C15H28N4O. The summed E-state index contributed by atoms with van der Waals surface area (Å²) in [6, 6.07) is 2.55. The summed E-state index contributed by atoms with van der Waals surface area (Å²) in [5.41, 5.74) is 2.44. The van der Waals surface area contributed by atoms with Gasteiger partial charge in [0.2, 0.25) is 0 Å². The maximum Gasteiger partial charge on any atom is 0.0858 e. The van der Waals surface area contributed by atoms with Crippen LogP contribution in [0.5, 0.6) is 0 Å². The number of rotatable bonds is 6. The average Bonchev–Trinajstić information content (AvgIpc) is 2.85. The second-order valence-corrected chi connectivity index (χ2v) is 5.51. The van der Waals surface area contributed by atoms with Gasteiger partial charge >= 0.3 is 0 Å². The van der Waals surface area contributed by atoms with Crippen LogP contribution in [0.1, 0.15) is 25.2 Å². The molecule has 2 heterocycles. The summed E-state index contributed by atoms with van der Waals surface area (Å²) in [6.45, 7) is 8.36. The maximum absolute atomic E-state index is 5.97. The summed E-state index contributed by atoms with van der Waals surface area (Å²) < 4.78 is 7.98. The molecule has 0 radical (unpaired) electrons. The van der Waals surface area contributed by atoms with Gasteiger partial charge in [-0.3, -0.25) is 9.58 Å². The number of morpholine rings is 1. The topological polar surface area (TPSA) is 42.3 Å². The van der Waals surface area contributed by atoms with Gasteiger partial charge in [-0.15, -0.1) is 0 Å². The molecule has 0 saturated carbocycles. The Kier molecular flexibility index (Phi) is 5.57. The van der Waals surface area contributed by atoms with E-state index in [0.29, 0.717) is 6.04 Å². The van der Waals surface area contributed by atoms with E-state index in [1.54, 1.807) is 0 Å². The number of hydrogen-bond donors (Lipinski definition) is 1. The molecule has 1 saturated heterocycles. The summed E-state index contributed by atoms with van der Waals surface area (Å²) in [7, 11) is 4.05. The van der Waals surface area contributed by atoms with Gasteiger partial charge in [0.25, 0.3) is 0 Å². The molecule has 1 fully saturated rings. The monoisotopic (exact) mass is 280 g/mol. The van der Waals surface area contributed by atoms with Gasteiger partial charge in [-0.2, -0.15) is 5.10 Å². The molecule has 114 valence electrons. The average molecular weight is 280 g/mol. The minimum atomic E-state index is 0.258. The highest BCUT2D eigenvalue weighted by Gasteiger charge is 2.27. The van der Waals surface area contributed by atoms with E-state index in [4.69, 9.17) is 4.74 Å². The highest BCUT2D eigenvalue weighted by atomic mass is 16.5. The molecule has 1 aromatic rings. The molecule has 5 nitrogen and oxygen atoms in total. The Labute approximate surface area is 122 Å². The third-order valence-electron chi connectivity index (χ3n) is 4.26. The van der Waals surface area contributed by atoms with Crippen LogP contribution < -0.4 is 5.32 Å². The lowest BCUT2D eigenvalue weighted by atomic mass is 10.0. The SMILES string of the molecule is CCc1cc(CC(NC)C2CN(CC)CCO2)n(C)n1. The molecule has 0 amide bonds. The normalized spacial score (nSPS) is 22.1. The molecule has 0 bridgehead atoms. The first kappa shape index (κ1) is 15.5. The summed E-state index contributed by atoms with van der Waals surface area (Å²) in [6.07, 6.45) is 2.21. The fourth-order valence-corrected chi connectivity index (χ4v) is 2.84. The molecule has 1 N–H and O–H groups in total. The Morgan fingerprint density at radius 3 is 2.90 bits per heavy atom. The second kappa shape index (κ2) is 7.20. The van der Waals surface area contributed by atoms with Gasteiger partial charge < -0.3 is 10.1 Å². The van der Waals surface area contributed by atoms with E-state index in [9.17, 15) is 0 Å². The molecule has 0 aromatic carbocycles. The predicted octanol–water partition coefficient (Wildman–Crippen LogP) is 0.834. The van der Waals surface area contributed by atoms with E-state index in [1.165, 1.54) is 5.69 Å². The Balaban J connectivity index is 2.02. The molecule has 1 aliphatic heterocycles. The molecule has 2 rings (SSSR count). The van der Waals surface area contributed by atoms with Crippen LogP contribution in [0.2, 0.25) is 0 Å². The first-order valence-corrected chi connectivity index (χ1v) is 7.70. The molecule has 1 aromatic heterocycles. The number of likely N-dealkylation sites (N-methyl/N-ethyl adjacent to an activating group) is 2. The lowest BCUT2D eigenvalue weighted by Crippen LogP contribution is -2.52. The molecule has 0 aliphatic carbocycles. The zero-order valence-electron chi connectivity index (χ0n) is 13.2. The Morgan fingerprint density at radius 1 is 1.50 bits per heavy atom. The zero-order valence-corrected chi connectivity index (χ0v) is 13.2. The van der Waals surface area contributed by atoms with E-state index in [0.717, 1.165) is 44.8 Å². The van der Waals surface area contributed by atoms with E-state index in [1.807, 2.05) is 18.8 Å². The minimum absolute atomic E-state index is 0.258. The van der Waals surface area contributed by atoms with Crippen molar-refractivity contribution in [3.05, 3.63) is 17.5 Å². The van der Waals surface area contributed by atoms with Gasteiger partial charge in [-0.25, -0.2) is 0 Å². The highest BCUT2D eigenvalue weighted by molar-refractivity contribution is 5.12. The van der Waals surface area contributed by atoms with E-state index in [-0.39, 0.29) is 6.10 Å². The quantitative estimate of drug-likeness (QED) is 0.838. The van der Waals surface area contributed by atoms with Gasteiger partial charge in [-0.05, 0) is 26.1 Å². The van der Waals surface area contributed by atoms with Crippen LogP contribution in [0.4, 0.5) is 0 Å². The lowest BCUT2D eigenvalue weighted by molar-refractivity contribution is -0.0438. The minimum Gasteiger partial charge on any atom is -0.374 e. The van der Waals surface area contributed by atoms with E-state index in [2.05, 4.69) is 35.2 Å². The Morgan fingerprint density at radius 2 is 2.30 bits per heavy atom. The van der Waals surface area contributed by atoms with Crippen molar-refractivity contribution in [2.45, 2.75) is 38.8 Å². The van der Waals surface area contributed by atoms with E-state index < -0.39 is 0 Å². The van der Waals surface area contributed by atoms with Crippen molar-refractivity contribution in [2.75, 3.05) is 33.3 Å². The van der Waals surface area contributed by atoms with Crippen LogP contribution in [-0.4, -0.2) is 60.1 Å². The Hall–Kier alpha value is -0.910. The Bertz CT molecular complexity index is 418. The molecule has 1 aliphatic rings. The summed E-state index contributed by atoms with van der Waals surface area (Å²) in [4.78, 5) is 2.46. The number of aromatic nitrogens is 2. The van der Waals surface area contributed by atoms with Crippen molar-refractivity contribution < 1.29 is 4.74 Å². The summed E-state index contributed by atoms with van der Waals surface area (Å²) in [5.74, 6) is 0. The summed E-state index contributed by atoms with van der Waals surface area (Å²) in [5, 5.41) is 7.96. The molecular weight excluding hydrogens is 252 g/mol. The summed E-state index contributed by atoms with van der Waals surface area (Å²) >= 11 is 0. The smallest absolute Gasteiger partial charge is 0.0858 e. The van der Waals surface area contributed by atoms with Crippen LogP contribution in [0.3, 0.4) is 0 Å². The largest absolute Gasteiger partial charge is 0.374 e. The molecule has 5 heteroatoms. The van der Waals surface area contributed by atoms with Crippen molar-refractivity contribution in [2.24, 2.45) is 7.05 Å². The molecule has 20 heavy (non-hydrogen) atoms. The third-order valence-corrected chi connectivity index (χ3v) is 4.26.